The molecule has 19 heavy (non-hydrogen) atoms. The van der Waals surface area contributed by atoms with E-state index in [0.29, 0.717) is 6.42 Å². The summed E-state index contributed by atoms with van der Waals surface area (Å²) < 4.78 is 11.1. The molecule has 0 fully saturated rings. The zero-order chi connectivity index (χ0) is 13.2. The van der Waals surface area contributed by atoms with Crippen LogP contribution in [0, 0.1) is 0 Å². The maximum Gasteiger partial charge on any atom is 0.150 e. The summed E-state index contributed by atoms with van der Waals surface area (Å²) in [4.78, 5) is 0. The molecule has 2 atom stereocenters. The van der Waals surface area contributed by atoms with E-state index in [-0.39, 0.29) is 6.10 Å². The summed E-state index contributed by atoms with van der Waals surface area (Å²) in [5.41, 5.74) is 2.00. The highest BCUT2D eigenvalue weighted by Gasteiger charge is 2.29. The zero-order valence-electron chi connectivity index (χ0n) is 10.7. The lowest BCUT2D eigenvalue weighted by Gasteiger charge is -2.31. The number of aliphatic hydroxyl groups is 1. The van der Waals surface area contributed by atoms with Crippen molar-refractivity contribution in [3.63, 3.8) is 0 Å². The lowest BCUT2D eigenvalue weighted by molar-refractivity contribution is 0.0206. The SMILES string of the molecule is COc1ccc2c(c1)O[C@@H](c1ccccc1)[C@@H](O)C2. The fourth-order valence-electron chi connectivity index (χ4n) is 2.42. The number of methoxy groups -OCH3 is 1. The third kappa shape index (κ3) is 2.29. The molecule has 0 saturated carbocycles. The summed E-state index contributed by atoms with van der Waals surface area (Å²) in [7, 11) is 1.63. The molecule has 3 rings (SSSR count). The van der Waals surface area contributed by atoms with E-state index in [1.165, 1.54) is 0 Å². The molecule has 1 N–H and O–H groups in total. The van der Waals surface area contributed by atoms with Gasteiger partial charge in [0.15, 0.2) is 0 Å². The maximum atomic E-state index is 10.2. The molecule has 2 aromatic carbocycles. The Balaban J connectivity index is 1.94. The highest BCUT2D eigenvalue weighted by molar-refractivity contribution is 5.43. The van der Waals surface area contributed by atoms with Gasteiger partial charge in [-0.2, -0.15) is 0 Å². The average molecular weight is 256 g/mol. The van der Waals surface area contributed by atoms with E-state index in [1.54, 1.807) is 7.11 Å². The first kappa shape index (κ1) is 12.1. The van der Waals surface area contributed by atoms with Crippen LogP contribution < -0.4 is 9.47 Å². The van der Waals surface area contributed by atoms with Gasteiger partial charge in [-0.15, -0.1) is 0 Å². The first-order valence-corrected chi connectivity index (χ1v) is 6.34. The van der Waals surface area contributed by atoms with Gasteiger partial charge in [0, 0.05) is 12.5 Å². The van der Waals surface area contributed by atoms with E-state index in [0.717, 1.165) is 22.6 Å². The van der Waals surface area contributed by atoms with Crippen LogP contribution in [0.5, 0.6) is 11.5 Å². The van der Waals surface area contributed by atoms with Gasteiger partial charge in [0.05, 0.1) is 13.2 Å². The lowest BCUT2D eigenvalue weighted by atomic mass is 9.95. The van der Waals surface area contributed by atoms with Crippen molar-refractivity contribution in [2.75, 3.05) is 7.11 Å². The van der Waals surface area contributed by atoms with Gasteiger partial charge >= 0.3 is 0 Å². The Hall–Kier alpha value is -2.00. The van der Waals surface area contributed by atoms with Crippen LogP contribution in [0.1, 0.15) is 17.2 Å². The fraction of sp³-hybridized carbons (Fsp3) is 0.250. The van der Waals surface area contributed by atoms with Crippen LogP contribution in [-0.2, 0) is 6.42 Å². The molecule has 2 aromatic rings. The molecule has 0 amide bonds. The molecule has 1 aliphatic rings. The highest BCUT2D eigenvalue weighted by Crippen LogP contribution is 2.37. The second-order valence-corrected chi connectivity index (χ2v) is 4.69. The topological polar surface area (TPSA) is 38.7 Å². The van der Waals surface area contributed by atoms with Crippen molar-refractivity contribution in [1.29, 1.82) is 0 Å². The molecule has 0 spiro atoms. The van der Waals surface area contributed by atoms with Crippen molar-refractivity contribution in [3.05, 3.63) is 59.7 Å². The summed E-state index contributed by atoms with van der Waals surface area (Å²) in [6.45, 7) is 0. The van der Waals surface area contributed by atoms with Crippen LogP contribution in [-0.4, -0.2) is 18.3 Å². The molecule has 1 aliphatic heterocycles. The predicted molar refractivity (Wildman–Crippen MR) is 72.5 cm³/mol. The van der Waals surface area contributed by atoms with Crippen molar-refractivity contribution in [3.8, 4) is 11.5 Å². The molecule has 1 heterocycles. The fourth-order valence-corrected chi connectivity index (χ4v) is 2.42. The maximum absolute atomic E-state index is 10.2. The quantitative estimate of drug-likeness (QED) is 0.898. The molecule has 0 radical (unpaired) electrons. The van der Waals surface area contributed by atoms with E-state index in [4.69, 9.17) is 9.47 Å². The smallest absolute Gasteiger partial charge is 0.150 e. The third-order valence-corrected chi connectivity index (χ3v) is 3.43. The Kier molecular flexibility index (Phi) is 3.13. The van der Waals surface area contributed by atoms with Gasteiger partial charge in [-0.1, -0.05) is 36.4 Å². The predicted octanol–water partition coefficient (Wildman–Crippen LogP) is 2.73. The van der Waals surface area contributed by atoms with Crippen LogP contribution in [0.15, 0.2) is 48.5 Å². The lowest BCUT2D eigenvalue weighted by Crippen LogP contribution is -2.30. The number of aliphatic hydroxyl groups excluding tert-OH is 1. The van der Waals surface area contributed by atoms with Crippen molar-refractivity contribution >= 4 is 0 Å². The summed E-state index contributed by atoms with van der Waals surface area (Å²) in [5, 5.41) is 10.2. The first-order chi connectivity index (χ1) is 9.28. The Labute approximate surface area is 112 Å². The van der Waals surface area contributed by atoms with E-state index in [2.05, 4.69) is 0 Å². The summed E-state index contributed by atoms with van der Waals surface area (Å²) in [6.07, 6.45) is -0.247. The minimum absolute atomic E-state index is 0.319. The van der Waals surface area contributed by atoms with Crippen molar-refractivity contribution in [2.45, 2.75) is 18.6 Å². The third-order valence-electron chi connectivity index (χ3n) is 3.43. The van der Waals surface area contributed by atoms with Gasteiger partial charge in [-0.05, 0) is 17.2 Å². The molecular weight excluding hydrogens is 240 g/mol. The van der Waals surface area contributed by atoms with Crippen molar-refractivity contribution < 1.29 is 14.6 Å². The van der Waals surface area contributed by atoms with E-state index < -0.39 is 6.10 Å². The number of rotatable bonds is 2. The minimum Gasteiger partial charge on any atom is -0.497 e. The van der Waals surface area contributed by atoms with Gasteiger partial charge in [0.25, 0.3) is 0 Å². The number of hydrogen-bond acceptors (Lipinski definition) is 3. The number of fused-ring (bicyclic) bond motifs is 1. The Bertz CT molecular complexity index is 565. The summed E-state index contributed by atoms with van der Waals surface area (Å²) in [5.74, 6) is 1.56. The Morgan fingerprint density at radius 2 is 1.95 bits per heavy atom. The molecule has 3 nitrogen and oxygen atoms in total. The molecule has 0 aliphatic carbocycles. The normalized spacial score (nSPS) is 21.4. The highest BCUT2D eigenvalue weighted by atomic mass is 16.5. The molecular formula is C16H16O3. The molecule has 0 aromatic heterocycles. The minimum atomic E-state index is -0.525. The average Bonchev–Trinajstić information content (AvgIpc) is 2.47. The van der Waals surface area contributed by atoms with Crippen LogP contribution in [0.4, 0.5) is 0 Å². The van der Waals surface area contributed by atoms with Crippen molar-refractivity contribution in [1.82, 2.24) is 0 Å². The summed E-state index contributed by atoms with van der Waals surface area (Å²) in [6, 6.07) is 15.5. The summed E-state index contributed by atoms with van der Waals surface area (Å²) >= 11 is 0. The van der Waals surface area contributed by atoms with Gasteiger partial charge in [-0.25, -0.2) is 0 Å². The second kappa shape index (κ2) is 4.94. The molecule has 98 valence electrons. The monoisotopic (exact) mass is 256 g/mol. The van der Waals surface area contributed by atoms with Crippen LogP contribution in [0.25, 0.3) is 0 Å². The Morgan fingerprint density at radius 1 is 1.16 bits per heavy atom. The van der Waals surface area contributed by atoms with Crippen LogP contribution >= 0.6 is 0 Å². The molecule has 3 heteroatoms. The van der Waals surface area contributed by atoms with Gasteiger partial charge in [0.2, 0.25) is 0 Å². The molecule has 0 saturated heterocycles. The standard InChI is InChI=1S/C16H16O3/c1-18-13-8-7-12-9-14(17)16(19-15(12)10-13)11-5-3-2-4-6-11/h2-8,10,14,16-17H,9H2,1H3/t14-,16-/m0/s1. The number of hydrogen-bond donors (Lipinski definition) is 1. The van der Waals surface area contributed by atoms with Crippen LogP contribution in [0.2, 0.25) is 0 Å². The van der Waals surface area contributed by atoms with Crippen molar-refractivity contribution in [2.24, 2.45) is 0 Å². The largest absolute Gasteiger partial charge is 0.497 e. The van der Waals surface area contributed by atoms with E-state index >= 15 is 0 Å². The molecule has 0 unspecified atom stereocenters. The first-order valence-electron chi connectivity index (χ1n) is 6.34. The molecule has 0 bridgehead atoms. The Morgan fingerprint density at radius 3 is 2.68 bits per heavy atom. The second-order valence-electron chi connectivity index (χ2n) is 4.69. The zero-order valence-corrected chi connectivity index (χ0v) is 10.7. The van der Waals surface area contributed by atoms with E-state index in [1.807, 2.05) is 48.5 Å². The van der Waals surface area contributed by atoms with E-state index in [9.17, 15) is 5.11 Å². The number of benzene rings is 2. The van der Waals surface area contributed by atoms with Crippen LogP contribution in [0.3, 0.4) is 0 Å². The van der Waals surface area contributed by atoms with Gasteiger partial charge < -0.3 is 14.6 Å². The number of ether oxygens (including phenoxy) is 2. The van der Waals surface area contributed by atoms with Gasteiger partial charge in [-0.3, -0.25) is 0 Å². The van der Waals surface area contributed by atoms with Gasteiger partial charge in [0.1, 0.15) is 17.6 Å².